The molecule has 4 heteroatoms. The molecule has 4 rings (SSSR count). The molecule has 0 radical (unpaired) electrons. The molecule has 2 aliphatic rings. The number of aromatic amines is 1. The monoisotopic (exact) mass is 334 g/mol. The van der Waals surface area contributed by atoms with Gasteiger partial charge in [0.2, 0.25) is 5.91 Å². The van der Waals surface area contributed by atoms with Crippen LogP contribution in [0.3, 0.4) is 0 Å². The van der Waals surface area contributed by atoms with E-state index in [1.165, 1.54) is 4.90 Å². The zero-order valence-corrected chi connectivity index (χ0v) is 13.0. The number of H-pyrrole nitrogens is 1. The number of nitrogens with one attached hydrogen (secondary N) is 1. The number of amides is 1. The maximum Gasteiger partial charge on any atom is 0.230 e. The highest BCUT2D eigenvalue weighted by molar-refractivity contribution is 5.99. The van der Waals surface area contributed by atoms with Gasteiger partial charge in [0, 0.05) is 55.1 Å². The Morgan fingerprint density at radius 3 is 3.12 bits per heavy atom. The molecule has 0 saturated carbocycles. The van der Waals surface area contributed by atoms with Crippen LogP contribution in [-0.4, -0.2) is 53.3 Å². The molecule has 0 unspecified atom stereocenters. The molecule has 24 heavy (non-hydrogen) atoms. The van der Waals surface area contributed by atoms with E-state index >= 15 is 0 Å². The van der Waals surface area contributed by atoms with Gasteiger partial charge >= 0.3 is 0 Å². The van der Waals surface area contributed by atoms with Gasteiger partial charge < -0.3 is 9.88 Å². The van der Waals surface area contributed by atoms with Gasteiger partial charge in [-0.1, -0.05) is 18.2 Å². The summed E-state index contributed by atoms with van der Waals surface area (Å²) >= 11 is 0. The number of carbonyl (C=O) groups is 1. The van der Waals surface area contributed by atoms with Crippen LogP contribution in [0, 0.1) is 5.92 Å². The topological polar surface area (TPSA) is 39.3 Å². The average molecular weight is 335 g/mol. The van der Waals surface area contributed by atoms with Gasteiger partial charge in [-0.05, 0) is 49.9 Å². The van der Waals surface area contributed by atoms with Crippen molar-refractivity contribution < 1.29 is 19.9 Å². The molecule has 1 N–H and O–H groups in total. The first kappa shape index (κ1) is 7.44. The molecular formula is C20H25N3O. The summed E-state index contributed by atoms with van der Waals surface area (Å²) in [5, 5.41) is 0.689. The van der Waals surface area contributed by atoms with Crippen LogP contribution in [0.15, 0.2) is 30.4 Å². The minimum atomic E-state index is -2.62. The van der Waals surface area contributed by atoms with Gasteiger partial charge in [0.1, 0.15) is 0 Å². The Morgan fingerprint density at radius 2 is 2.33 bits per heavy atom. The summed E-state index contributed by atoms with van der Waals surface area (Å²) < 4.78 is 86.0. The van der Waals surface area contributed by atoms with Crippen molar-refractivity contribution >= 4 is 22.4 Å². The fourth-order valence-corrected chi connectivity index (χ4v) is 3.67. The van der Waals surface area contributed by atoms with Crippen LogP contribution in [0.2, 0.25) is 0 Å². The number of hydrogen-bond donors (Lipinski definition) is 1. The average Bonchev–Trinajstić information content (AvgIpc) is 2.99. The Labute approximate surface area is 158 Å². The Bertz CT molecular complexity index is 1180. The highest BCUT2D eigenvalue weighted by Gasteiger charge is 2.36. The van der Waals surface area contributed by atoms with Crippen LogP contribution in [0.5, 0.6) is 0 Å². The summed E-state index contributed by atoms with van der Waals surface area (Å²) in [6, 6.07) is 2.58. The number of hydrogen-bond acceptors (Lipinski definition) is 2. The van der Waals surface area contributed by atoms with Crippen molar-refractivity contribution in [2.75, 3.05) is 26.6 Å². The first-order valence-corrected chi connectivity index (χ1v) is 7.84. The van der Waals surface area contributed by atoms with E-state index in [1.54, 1.807) is 18.2 Å². The molecule has 126 valence electrons. The molecule has 1 aliphatic heterocycles. The first-order valence-electron chi connectivity index (χ1n) is 13.3. The van der Waals surface area contributed by atoms with Gasteiger partial charge in [-0.3, -0.25) is 9.69 Å². The molecule has 1 aromatic carbocycles. The second-order valence-electron chi connectivity index (χ2n) is 6.18. The number of aromatic nitrogens is 1. The van der Waals surface area contributed by atoms with E-state index in [-0.39, 0.29) is 25.2 Å². The normalized spacial score (nSPS) is 31.3. The van der Waals surface area contributed by atoms with Crippen molar-refractivity contribution in [3.8, 4) is 0 Å². The minimum absolute atomic E-state index is 0.135. The maximum atomic E-state index is 13.5. The van der Waals surface area contributed by atoms with Gasteiger partial charge in [-0.15, -0.1) is 0 Å². The standard InChI is InChI=1S/C20H25N3O/c1-4-23(5-2)20(24)14-9-16-15-7-6-8-17-19(15)13(11-21-17)10-18(16)22(3)12-14/h6-9,11,14,18,21H,4-5,10,12H2,1-3H3/t14-,18-/m1/s1/i1D3,2D3,3D3,6D,11D. The summed E-state index contributed by atoms with van der Waals surface area (Å²) in [6.45, 7) is -9.64. The molecule has 0 saturated heterocycles. The van der Waals surface area contributed by atoms with Crippen molar-refractivity contribution in [2.24, 2.45) is 5.92 Å². The number of fused-ring (bicyclic) bond motifs is 2. The third kappa shape index (κ3) is 2.20. The van der Waals surface area contributed by atoms with E-state index in [9.17, 15) is 4.79 Å². The van der Waals surface area contributed by atoms with Crippen LogP contribution in [0.4, 0.5) is 0 Å². The smallest absolute Gasteiger partial charge is 0.230 e. The van der Waals surface area contributed by atoms with Crippen LogP contribution >= 0.6 is 0 Å². The van der Waals surface area contributed by atoms with Crippen LogP contribution in [0.25, 0.3) is 16.5 Å². The van der Waals surface area contributed by atoms with Gasteiger partial charge in [0.05, 0.1) is 8.66 Å². The molecule has 0 fully saturated rings. The van der Waals surface area contributed by atoms with Gasteiger partial charge in [-0.2, -0.15) is 0 Å². The Kier molecular flexibility index (Phi) is 1.79. The molecule has 1 aromatic heterocycles. The van der Waals surface area contributed by atoms with E-state index in [2.05, 4.69) is 4.98 Å². The third-order valence-corrected chi connectivity index (χ3v) is 4.87. The molecule has 2 heterocycles. The lowest BCUT2D eigenvalue weighted by Crippen LogP contribution is -2.47. The van der Waals surface area contributed by atoms with Gasteiger partial charge in [0.25, 0.3) is 0 Å². The first-order chi connectivity index (χ1) is 15.9. The SMILES string of the molecule is [2H]c1cc2c3c(c([2H])[nH]c3c1)C[C@@H]1C2=C[C@@H](C(=O)N(CC([2H])([2H])[2H])CC([2H])([2H])[2H])CN1C([2H])([2H])[2H]. The van der Waals surface area contributed by atoms with Crippen molar-refractivity contribution in [1.29, 1.82) is 0 Å². The van der Waals surface area contributed by atoms with E-state index < -0.39 is 51.6 Å². The van der Waals surface area contributed by atoms with Crippen LogP contribution < -0.4 is 0 Å². The lowest BCUT2D eigenvalue weighted by Gasteiger charge is -2.40. The molecule has 1 aliphatic carbocycles. The van der Waals surface area contributed by atoms with Crippen LogP contribution in [0.1, 0.15) is 39.9 Å². The lowest BCUT2D eigenvalue weighted by molar-refractivity contribution is -0.134. The summed E-state index contributed by atoms with van der Waals surface area (Å²) in [5.74, 6) is -1.89. The molecule has 0 bridgehead atoms. The predicted octanol–water partition coefficient (Wildman–Crippen LogP) is 2.91. The zero-order valence-electron chi connectivity index (χ0n) is 24.0. The van der Waals surface area contributed by atoms with Crippen molar-refractivity contribution in [3.63, 3.8) is 0 Å². The molecule has 4 nitrogen and oxygen atoms in total. The van der Waals surface area contributed by atoms with Gasteiger partial charge in [0.15, 0.2) is 0 Å². The summed E-state index contributed by atoms with van der Waals surface area (Å²) in [4.78, 5) is 18.3. The number of benzene rings is 1. The van der Waals surface area contributed by atoms with E-state index in [4.69, 9.17) is 15.1 Å². The second-order valence-corrected chi connectivity index (χ2v) is 6.18. The largest absolute Gasteiger partial charge is 0.361 e. The predicted molar refractivity (Wildman–Crippen MR) is 97.8 cm³/mol. The zero-order chi connectivity index (χ0) is 26.1. The molecular weight excluding hydrogens is 298 g/mol. The molecule has 2 atom stereocenters. The minimum Gasteiger partial charge on any atom is -0.361 e. The Morgan fingerprint density at radius 1 is 1.46 bits per heavy atom. The summed E-state index contributed by atoms with van der Waals surface area (Å²) in [6.07, 6.45) is 1.92. The van der Waals surface area contributed by atoms with Gasteiger partial charge in [-0.25, -0.2) is 0 Å². The van der Waals surface area contributed by atoms with Crippen molar-refractivity contribution in [3.05, 3.63) is 41.6 Å². The van der Waals surface area contributed by atoms with E-state index in [1.807, 2.05) is 0 Å². The Balaban J connectivity index is 1.84. The van der Waals surface area contributed by atoms with Crippen molar-refractivity contribution in [2.45, 2.75) is 26.2 Å². The molecule has 2 aromatic rings. The lowest BCUT2D eigenvalue weighted by atomic mass is 9.79. The highest BCUT2D eigenvalue weighted by atomic mass is 16.2. The molecule has 1 amide bonds. The number of likely N-dealkylation sites (N-methyl/N-ethyl adjacent to an activating group) is 1. The van der Waals surface area contributed by atoms with Crippen molar-refractivity contribution in [1.82, 2.24) is 14.8 Å². The third-order valence-electron chi connectivity index (χ3n) is 4.87. The Hall–Kier alpha value is -2.07. The number of rotatable bonds is 3. The number of carbonyl (C=O) groups excluding carboxylic acids is 1. The second kappa shape index (κ2) is 5.78. The summed E-state index contributed by atoms with van der Waals surface area (Å²) in [7, 11) is 0. The maximum absolute atomic E-state index is 13.5. The van der Waals surface area contributed by atoms with Crippen LogP contribution in [-0.2, 0) is 11.2 Å². The summed E-state index contributed by atoms with van der Waals surface area (Å²) in [5.41, 5.74) is 2.23. The highest BCUT2D eigenvalue weighted by Crippen LogP contribution is 2.40. The van der Waals surface area contributed by atoms with E-state index in [0.29, 0.717) is 27.6 Å². The quantitative estimate of drug-likeness (QED) is 0.937. The molecule has 0 spiro atoms. The fraction of sp³-hybridized carbons (Fsp3) is 0.450. The fourth-order valence-electron chi connectivity index (χ4n) is 3.67. The van der Waals surface area contributed by atoms with E-state index in [0.717, 1.165) is 4.90 Å². The number of nitrogens with zero attached hydrogens (tertiary/aromatic N) is 2.